The van der Waals surface area contributed by atoms with Crippen LogP contribution in [-0.4, -0.2) is 50.6 Å². The summed E-state index contributed by atoms with van der Waals surface area (Å²) in [4.78, 5) is 6.84. The quantitative estimate of drug-likeness (QED) is 0.582. The molecule has 2 fully saturated rings. The highest BCUT2D eigenvalue weighted by Gasteiger charge is 2.34. The first-order chi connectivity index (χ1) is 13.7. The van der Waals surface area contributed by atoms with Gasteiger partial charge in [-0.3, -0.25) is 9.58 Å². The fourth-order valence-electron chi connectivity index (χ4n) is 3.51. The molecule has 2 saturated heterocycles. The topological polar surface area (TPSA) is 78.2 Å². The molecule has 3 aromatic rings. The Bertz CT molecular complexity index is 929. The van der Waals surface area contributed by atoms with Crippen molar-refractivity contribution in [2.24, 2.45) is 7.05 Å². The molecule has 0 saturated carbocycles. The Hall–Kier alpha value is -2.71. The minimum absolute atomic E-state index is 0.0583. The van der Waals surface area contributed by atoms with Crippen LogP contribution in [0.5, 0.6) is 5.75 Å². The predicted octanol–water partition coefficient (Wildman–Crippen LogP) is 2.58. The summed E-state index contributed by atoms with van der Waals surface area (Å²) in [5.41, 5.74) is 2.14. The molecule has 8 heteroatoms. The van der Waals surface area contributed by atoms with E-state index in [1.165, 1.54) is 5.56 Å². The van der Waals surface area contributed by atoms with Crippen LogP contribution < -0.4 is 4.74 Å². The van der Waals surface area contributed by atoms with Crippen molar-refractivity contribution < 1.29 is 14.0 Å². The van der Waals surface area contributed by atoms with Crippen molar-refractivity contribution in [3.05, 3.63) is 48.1 Å². The molecule has 0 N–H and O–H groups in total. The maximum absolute atomic E-state index is 5.93. The molecule has 4 heterocycles. The Morgan fingerprint density at radius 3 is 2.89 bits per heavy atom. The van der Waals surface area contributed by atoms with Gasteiger partial charge in [0.05, 0.1) is 12.2 Å². The largest absolute Gasteiger partial charge is 0.492 e. The second kappa shape index (κ2) is 7.37. The van der Waals surface area contributed by atoms with Crippen LogP contribution in [0.25, 0.3) is 11.4 Å². The zero-order chi connectivity index (χ0) is 18.9. The van der Waals surface area contributed by atoms with Gasteiger partial charge in [-0.15, -0.1) is 0 Å². The maximum atomic E-state index is 5.93. The molecule has 0 radical (unpaired) electrons. The minimum atomic E-state index is -0.0583. The van der Waals surface area contributed by atoms with Gasteiger partial charge in [0.15, 0.2) is 0 Å². The molecule has 2 aliphatic heterocycles. The van der Waals surface area contributed by atoms with Gasteiger partial charge < -0.3 is 14.0 Å². The summed E-state index contributed by atoms with van der Waals surface area (Å²) < 4.78 is 18.7. The molecule has 3 atom stereocenters. The van der Waals surface area contributed by atoms with Gasteiger partial charge in [-0.25, -0.2) is 0 Å². The number of hydrogen-bond donors (Lipinski definition) is 0. The number of nitrogens with zero attached hydrogens (tertiary/aromatic N) is 5. The summed E-state index contributed by atoms with van der Waals surface area (Å²) in [6.45, 7) is 3.42. The van der Waals surface area contributed by atoms with Crippen LogP contribution in [0.3, 0.4) is 0 Å². The smallest absolute Gasteiger partial charge is 0.256 e. The Kier molecular flexibility index (Phi) is 4.58. The fourth-order valence-corrected chi connectivity index (χ4v) is 3.51. The third kappa shape index (κ3) is 3.79. The molecule has 5 rings (SSSR count). The minimum Gasteiger partial charge on any atom is -0.492 e. The van der Waals surface area contributed by atoms with E-state index >= 15 is 0 Å². The highest BCUT2D eigenvalue weighted by molar-refractivity contribution is 5.55. The normalized spacial score (nSPS) is 23.8. The number of rotatable bonds is 7. The van der Waals surface area contributed by atoms with Crippen molar-refractivity contribution in [1.29, 1.82) is 0 Å². The molecular formula is C20H23N5O3. The Balaban J connectivity index is 1.13. The van der Waals surface area contributed by atoms with Crippen LogP contribution >= 0.6 is 0 Å². The van der Waals surface area contributed by atoms with Crippen LogP contribution in [0.1, 0.15) is 30.4 Å². The van der Waals surface area contributed by atoms with Gasteiger partial charge in [-0.2, -0.15) is 10.1 Å². The molecule has 28 heavy (non-hydrogen) atoms. The van der Waals surface area contributed by atoms with E-state index in [0.717, 1.165) is 43.9 Å². The zero-order valence-electron chi connectivity index (χ0n) is 15.8. The zero-order valence-corrected chi connectivity index (χ0v) is 15.8. The van der Waals surface area contributed by atoms with E-state index in [-0.39, 0.29) is 6.10 Å². The Morgan fingerprint density at radius 1 is 1.25 bits per heavy atom. The monoisotopic (exact) mass is 381 g/mol. The number of aryl methyl sites for hydroxylation is 1. The molecule has 1 aromatic carbocycles. The van der Waals surface area contributed by atoms with E-state index in [1.807, 2.05) is 42.2 Å². The van der Waals surface area contributed by atoms with E-state index in [0.29, 0.717) is 24.4 Å². The Morgan fingerprint density at radius 2 is 2.14 bits per heavy atom. The SMILES string of the molecule is Cn1cc(CN2CC2COc2ccc(-c3noc(C4CCCO4)n3)cc2)cn1. The maximum Gasteiger partial charge on any atom is 0.256 e. The first-order valence-electron chi connectivity index (χ1n) is 9.64. The Labute approximate surface area is 163 Å². The van der Waals surface area contributed by atoms with Crippen molar-refractivity contribution >= 4 is 0 Å². The van der Waals surface area contributed by atoms with Gasteiger partial charge in [-0.05, 0) is 37.1 Å². The summed E-state index contributed by atoms with van der Waals surface area (Å²) in [6.07, 6.45) is 5.88. The van der Waals surface area contributed by atoms with Gasteiger partial charge in [-0.1, -0.05) is 5.16 Å². The molecule has 3 unspecified atom stereocenters. The van der Waals surface area contributed by atoms with E-state index in [9.17, 15) is 0 Å². The second-order valence-corrected chi connectivity index (χ2v) is 7.40. The van der Waals surface area contributed by atoms with Crippen LogP contribution in [0.4, 0.5) is 0 Å². The summed E-state index contributed by atoms with van der Waals surface area (Å²) in [6, 6.07) is 8.28. The number of hydrogen-bond acceptors (Lipinski definition) is 7. The van der Waals surface area contributed by atoms with Gasteiger partial charge in [0.1, 0.15) is 18.5 Å². The van der Waals surface area contributed by atoms with Gasteiger partial charge >= 0.3 is 0 Å². The molecule has 2 aromatic heterocycles. The number of aromatic nitrogens is 4. The molecule has 2 aliphatic rings. The van der Waals surface area contributed by atoms with Crippen LogP contribution in [0.2, 0.25) is 0 Å². The van der Waals surface area contributed by atoms with Gasteiger partial charge in [0.2, 0.25) is 5.82 Å². The fraction of sp³-hybridized carbons (Fsp3) is 0.450. The lowest BCUT2D eigenvalue weighted by atomic mass is 10.2. The van der Waals surface area contributed by atoms with Crippen molar-refractivity contribution in [2.75, 3.05) is 19.8 Å². The molecule has 0 aliphatic carbocycles. The highest BCUT2D eigenvalue weighted by Crippen LogP contribution is 2.29. The summed E-state index contributed by atoms with van der Waals surface area (Å²) in [5, 5.41) is 8.28. The first-order valence-corrected chi connectivity index (χ1v) is 9.64. The van der Waals surface area contributed by atoms with E-state index in [2.05, 4.69) is 26.3 Å². The predicted molar refractivity (Wildman–Crippen MR) is 101 cm³/mol. The third-order valence-corrected chi connectivity index (χ3v) is 5.17. The number of ether oxygens (including phenoxy) is 2. The lowest BCUT2D eigenvalue weighted by molar-refractivity contribution is 0.0835. The molecule has 8 nitrogen and oxygen atoms in total. The van der Waals surface area contributed by atoms with Crippen molar-refractivity contribution in [2.45, 2.75) is 31.5 Å². The highest BCUT2D eigenvalue weighted by atomic mass is 16.5. The van der Waals surface area contributed by atoms with Gasteiger partial charge in [0, 0.05) is 44.1 Å². The summed E-state index contributed by atoms with van der Waals surface area (Å²) in [5.74, 6) is 2.00. The van der Waals surface area contributed by atoms with Crippen LogP contribution in [0, 0.1) is 0 Å². The molecule has 0 amide bonds. The summed E-state index contributed by atoms with van der Waals surface area (Å²) in [7, 11) is 1.94. The van der Waals surface area contributed by atoms with E-state index < -0.39 is 0 Å². The summed E-state index contributed by atoms with van der Waals surface area (Å²) >= 11 is 0. The average molecular weight is 381 g/mol. The second-order valence-electron chi connectivity index (χ2n) is 7.40. The number of benzene rings is 1. The lowest BCUT2D eigenvalue weighted by Crippen LogP contribution is -2.10. The third-order valence-electron chi connectivity index (χ3n) is 5.17. The van der Waals surface area contributed by atoms with Crippen LogP contribution in [-0.2, 0) is 18.3 Å². The molecular weight excluding hydrogens is 358 g/mol. The van der Waals surface area contributed by atoms with E-state index in [1.54, 1.807) is 0 Å². The molecule has 0 bridgehead atoms. The first kappa shape index (κ1) is 17.4. The van der Waals surface area contributed by atoms with Crippen molar-refractivity contribution in [3.8, 4) is 17.1 Å². The standard InChI is InChI=1S/C20H23N5O3/c1-24-10-14(9-21-24)11-25-12-16(25)13-27-17-6-4-15(5-7-17)19-22-20(28-23-19)18-3-2-8-26-18/h4-7,9-10,16,18H,2-3,8,11-13H2,1H3. The molecule has 0 spiro atoms. The lowest BCUT2D eigenvalue weighted by Gasteiger charge is -2.06. The van der Waals surface area contributed by atoms with Crippen molar-refractivity contribution in [3.63, 3.8) is 0 Å². The van der Waals surface area contributed by atoms with Gasteiger partial charge in [0.25, 0.3) is 5.89 Å². The van der Waals surface area contributed by atoms with Crippen LogP contribution in [0.15, 0.2) is 41.2 Å². The average Bonchev–Trinajstić information content (AvgIpc) is 3.16. The molecule has 146 valence electrons. The van der Waals surface area contributed by atoms with Crippen molar-refractivity contribution in [1.82, 2.24) is 24.8 Å². The van der Waals surface area contributed by atoms with E-state index in [4.69, 9.17) is 14.0 Å².